The van der Waals surface area contributed by atoms with Crippen LogP contribution in [0.25, 0.3) is 0 Å². The SMILES string of the molecule is CO[C@H]1CCN(C(=O)N2CCC(CC(C)C)(C(=O)O)CC2)C1. The second-order valence-electron chi connectivity index (χ2n) is 7.05. The van der Waals surface area contributed by atoms with Gasteiger partial charge in [-0.25, -0.2) is 4.79 Å². The molecule has 0 aromatic carbocycles. The average molecular weight is 312 g/mol. The van der Waals surface area contributed by atoms with Crippen LogP contribution in [0.15, 0.2) is 0 Å². The van der Waals surface area contributed by atoms with Crippen LogP contribution in [0, 0.1) is 11.3 Å². The van der Waals surface area contributed by atoms with Crippen LogP contribution in [0.4, 0.5) is 4.79 Å². The molecule has 0 unspecified atom stereocenters. The summed E-state index contributed by atoms with van der Waals surface area (Å²) in [5.41, 5.74) is -0.662. The Morgan fingerprint density at radius 2 is 1.86 bits per heavy atom. The summed E-state index contributed by atoms with van der Waals surface area (Å²) < 4.78 is 5.30. The van der Waals surface area contributed by atoms with Crippen LogP contribution in [-0.4, -0.2) is 66.3 Å². The van der Waals surface area contributed by atoms with E-state index in [-0.39, 0.29) is 12.1 Å². The van der Waals surface area contributed by atoms with Gasteiger partial charge in [0.05, 0.1) is 11.5 Å². The number of methoxy groups -OCH3 is 1. The van der Waals surface area contributed by atoms with Crippen LogP contribution in [0.2, 0.25) is 0 Å². The number of ether oxygens (including phenoxy) is 1. The first-order chi connectivity index (χ1) is 10.4. The van der Waals surface area contributed by atoms with E-state index in [4.69, 9.17) is 4.74 Å². The fraction of sp³-hybridized carbons (Fsp3) is 0.875. The number of carboxylic acids is 1. The van der Waals surface area contributed by atoms with Gasteiger partial charge in [0.1, 0.15) is 0 Å². The fourth-order valence-electron chi connectivity index (χ4n) is 3.71. The van der Waals surface area contributed by atoms with Gasteiger partial charge in [0.15, 0.2) is 0 Å². The molecule has 2 aliphatic rings. The molecule has 0 radical (unpaired) electrons. The Labute approximate surface area is 132 Å². The standard InChI is InChI=1S/C16H28N2O4/c1-12(2)10-16(14(19)20)5-8-17(9-6-16)15(21)18-7-4-13(11-18)22-3/h12-13H,4-11H2,1-3H3,(H,19,20)/t13-/m0/s1. The number of carbonyl (C=O) groups is 2. The van der Waals surface area contributed by atoms with E-state index < -0.39 is 11.4 Å². The van der Waals surface area contributed by atoms with Gasteiger partial charge in [-0.3, -0.25) is 4.79 Å². The number of rotatable bonds is 4. The first kappa shape index (κ1) is 17.1. The van der Waals surface area contributed by atoms with Crippen molar-refractivity contribution in [2.45, 2.75) is 45.6 Å². The molecule has 2 rings (SSSR count). The lowest BCUT2D eigenvalue weighted by atomic mass is 9.73. The van der Waals surface area contributed by atoms with Gasteiger partial charge in [0.2, 0.25) is 0 Å². The van der Waals surface area contributed by atoms with Crippen LogP contribution in [-0.2, 0) is 9.53 Å². The Morgan fingerprint density at radius 3 is 2.32 bits per heavy atom. The molecular weight excluding hydrogens is 284 g/mol. The number of nitrogens with zero attached hydrogens (tertiary/aromatic N) is 2. The summed E-state index contributed by atoms with van der Waals surface area (Å²) in [5.74, 6) is -0.367. The van der Waals surface area contributed by atoms with Crippen LogP contribution in [0.3, 0.4) is 0 Å². The summed E-state index contributed by atoms with van der Waals surface area (Å²) in [6.07, 6.45) is 2.79. The summed E-state index contributed by atoms with van der Waals surface area (Å²) in [6, 6.07) is 0.0306. The molecule has 0 bridgehead atoms. The smallest absolute Gasteiger partial charge is 0.320 e. The first-order valence-electron chi connectivity index (χ1n) is 8.18. The van der Waals surface area contributed by atoms with Gasteiger partial charge in [-0.15, -0.1) is 0 Å². The average Bonchev–Trinajstić information content (AvgIpc) is 2.95. The molecule has 1 atom stereocenters. The van der Waals surface area contributed by atoms with E-state index in [0.717, 1.165) is 13.0 Å². The summed E-state index contributed by atoms with van der Waals surface area (Å²) in [5, 5.41) is 9.61. The molecule has 1 N–H and O–H groups in total. The van der Waals surface area contributed by atoms with E-state index in [1.165, 1.54) is 0 Å². The van der Waals surface area contributed by atoms with Gasteiger partial charge in [0.25, 0.3) is 0 Å². The molecule has 2 saturated heterocycles. The van der Waals surface area contributed by atoms with Gasteiger partial charge >= 0.3 is 12.0 Å². The molecule has 2 aliphatic heterocycles. The van der Waals surface area contributed by atoms with E-state index in [1.54, 1.807) is 12.0 Å². The number of amides is 2. The summed E-state index contributed by atoms with van der Waals surface area (Å²) in [6.45, 7) is 6.54. The Balaban J connectivity index is 1.93. The summed E-state index contributed by atoms with van der Waals surface area (Å²) >= 11 is 0. The molecule has 0 spiro atoms. The Bertz CT molecular complexity index is 416. The summed E-state index contributed by atoms with van der Waals surface area (Å²) in [4.78, 5) is 27.8. The molecule has 2 heterocycles. The zero-order valence-corrected chi connectivity index (χ0v) is 13.9. The lowest BCUT2D eigenvalue weighted by molar-refractivity contribution is -0.153. The van der Waals surface area contributed by atoms with Crippen LogP contribution < -0.4 is 0 Å². The highest BCUT2D eigenvalue weighted by Crippen LogP contribution is 2.38. The van der Waals surface area contributed by atoms with Crippen molar-refractivity contribution in [3.05, 3.63) is 0 Å². The minimum atomic E-state index is -0.714. The fourth-order valence-corrected chi connectivity index (χ4v) is 3.71. The van der Waals surface area contributed by atoms with Crippen molar-refractivity contribution in [2.24, 2.45) is 11.3 Å². The van der Waals surface area contributed by atoms with Crippen molar-refractivity contribution in [3.8, 4) is 0 Å². The van der Waals surface area contributed by atoms with Gasteiger partial charge < -0.3 is 19.6 Å². The Hall–Kier alpha value is -1.30. The minimum absolute atomic E-state index is 0.0306. The molecule has 6 nitrogen and oxygen atoms in total. The topological polar surface area (TPSA) is 70.1 Å². The quantitative estimate of drug-likeness (QED) is 0.862. The molecule has 126 valence electrons. The highest BCUT2D eigenvalue weighted by Gasteiger charge is 2.43. The van der Waals surface area contributed by atoms with Crippen molar-refractivity contribution in [1.29, 1.82) is 0 Å². The monoisotopic (exact) mass is 312 g/mol. The molecule has 0 saturated carbocycles. The van der Waals surface area contributed by atoms with E-state index in [2.05, 4.69) is 13.8 Å². The first-order valence-corrected chi connectivity index (χ1v) is 8.18. The van der Waals surface area contributed by atoms with Gasteiger partial charge in [-0.1, -0.05) is 13.8 Å². The van der Waals surface area contributed by atoms with Crippen molar-refractivity contribution in [3.63, 3.8) is 0 Å². The van der Waals surface area contributed by atoms with E-state index in [1.807, 2.05) is 4.90 Å². The third-order valence-electron chi connectivity index (χ3n) is 4.99. The van der Waals surface area contributed by atoms with E-state index in [9.17, 15) is 14.7 Å². The van der Waals surface area contributed by atoms with E-state index >= 15 is 0 Å². The number of likely N-dealkylation sites (tertiary alicyclic amines) is 2. The molecule has 0 aliphatic carbocycles. The maximum absolute atomic E-state index is 12.5. The Kier molecular flexibility index (Phi) is 5.32. The van der Waals surface area contributed by atoms with Crippen LogP contribution >= 0.6 is 0 Å². The predicted octanol–water partition coefficient (Wildman–Crippen LogP) is 2.04. The molecule has 6 heteroatoms. The van der Waals surface area contributed by atoms with Crippen LogP contribution in [0.1, 0.15) is 39.5 Å². The van der Waals surface area contributed by atoms with Crippen LogP contribution in [0.5, 0.6) is 0 Å². The maximum Gasteiger partial charge on any atom is 0.320 e. The molecule has 2 fully saturated rings. The second kappa shape index (κ2) is 6.86. The van der Waals surface area contributed by atoms with Crippen molar-refractivity contribution in [2.75, 3.05) is 33.3 Å². The predicted molar refractivity (Wildman–Crippen MR) is 82.7 cm³/mol. The lowest BCUT2D eigenvalue weighted by Crippen LogP contribution is -2.50. The highest BCUT2D eigenvalue weighted by atomic mass is 16.5. The number of piperidine rings is 1. The normalized spacial score (nSPS) is 24.8. The minimum Gasteiger partial charge on any atom is -0.481 e. The van der Waals surface area contributed by atoms with Crippen molar-refractivity contribution < 1.29 is 19.4 Å². The van der Waals surface area contributed by atoms with Crippen molar-refractivity contribution in [1.82, 2.24) is 9.80 Å². The number of urea groups is 1. The van der Waals surface area contributed by atoms with E-state index in [0.29, 0.717) is 44.8 Å². The third kappa shape index (κ3) is 3.54. The number of carbonyl (C=O) groups excluding carboxylic acids is 1. The zero-order chi connectivity index (χ0) is 16.3. The molecular formula is C16H28N2O4. The molecule has 0 aromatic heterocycles. The number of carboxylic acid groups (broad SMARTS) is 1. The summed E-state index contributed by atoms with van der Waals surface area (Å²) in [7, 11) is 1.67. The zero-order valence-electron chi connectivity index (χ0n) is 13.9. The van der Waals surface area contributed by atoms with Gasteiger partial charge in [-0.05, 0) is 31.6 Å². The maximum atomic E-state index is 12.5. The third-order valence-corrected chi connectivity index (χ3v) is 4.99. The highest BCUT2D eigenvalue weighted by molar-refractivity contribution is 5.77. The molecule has 0 aromatic rings. The van der Waals surface area contributed by atoms with Gasteiger partial charge in [0, 0.05) is 33.3 Å². The lowest BCUT2D eigenvalue weighted by Gasteiger charge is -2.40. The van der Waals surface area contributed by atoms with Crippen molar-refractivity contribution >= 4 is 12.0 Å². The largest absolute Gasteiger partial charge is 0.481 e. The van der Waals surface area contributed by atoms with Gasteiger partial charge in [-0.2, -0.15) is 0 Å². The molecule has 22 heavy (non-hydrogen) atoms. The number of aliphatic carboxylic acids is 1. The number of hydrogen-bond acceptors (Lipinski definition) is 3. The number of hydrogen-bond donors (Lipinski definition) is 1. The Morgan fingerprint density at radius 1 is 1.23 bits per heavy atom. The second-order valence-corrected chi connectivity index (χ2v) is 7.05. The molecule has 2 amide bonds.